The predicted octanol–water partition coefficient (Wildman–Crippen LogP) is 3.20. The SMILES string of the molecule is CCc1ncc(C(=O)N(C)CCCOc2c(C)cccc2C)cn1. The van der Waals surface area contributed by atoms with Crippen LogP contribution in [0.3, 0.4) is 0 Å². The van der Waals surface area contributed by atoms with Gasteiger partial charge >= 0.3 is 0 Å². The maximum Gasteiger partial charge on any atom is 0.256 e. The van der Waals surface area contributed by atoms with Crippen LogP contribution in [0, 0.1) is 13.8 Å². The Morgan fingerprint density at radius 3 is 2.38 bits per heavy atom. The molecule has 2 aromatic rings. The number of nitrogens with zero attached hydrogens (tertiary/aromatic N) is 3. The van der Waals surface area contributed by atoms with Gasteiger partial charge in [-0.3, -0.25) is 4.79 Å². The molecule has 0 aliphatic rings. The fourth-order valence-electron chi connectivity index (χ4n) is 2.47. The first-order valence-electron chi connectivity index (χ1n) is 8.28. The summed E-state index contributed by atoms with van der Waals surface area (Å²) >= 11 is 0. The molecule has 5 nitrogen and oxygen atoms in total. The number of amides is 1. The Labute approximate surface area is 143 Å². The summed E-state index contributed by atoms with van der Waals surface area (Å²) in [7, 11) is 1.79. The zero-order valence-electron chi connectivity index (χ0n) is 14.9. The van der Waals surface area contributed by atoms with E-state index >= 15 is 0 Å². The predicted molar refractivity (Wildman–Crippen MR) is 94.4 cm³/mol. The lowest BCUT2D eigenvalue weighted by molar-refractivity contribution is 0.0787. The zero-order valence-corrected chi connectivity index (χ0v) is 14.9. The second-order valence-corrected chi connectivity index (χ2v) is 5.89. The molecule has 0 N–H and O–H groups in total. The number of carbonyl (C=O) groups is 1. The van der Waals surface area contributed by atoms with E-state index in [9.17, 15) is 4.79 Å². The van der Waals surface area contributed by atoms with Gasteiger partial charge in [-0.05, 0) is 31.4 Å². The number of hydrogen-bond donors (Lipinski definition) is 0. The number of para-hydroxylation sites is 1. The van der Waals surface area contributed by atoms with Crippen LogP contribution in [0.1, 0.15) is 40.7 Å². The van der Waals surface area contributed by atoms with Crippen molar-refractivity contribution >= 4 is 5.91 Å². The summed E-state index contributed by atoms with van der Waals surface area (Å²) in [4.78, 5) is 22.3. The summed E-state index contributed by atoms with van der Waals surface area (Å²) < 4.78 is 5.87. The summed E-state index contributed by atoms with van der Waals surface area (Å²) in [5.41, 5.74) is 2.78. The van der Waals surface area contributed by atoms with Crippen LogP contribution in [0.2, 0.25) is 0 Å². The summed E-state index contributed by atoms with van der Waals surface area (Å²) in [5, 5.41) is 0. The Hall–Kier alpha value is -2.43. The fraction of sp³-hybridized carbons (Fsp3) is 0.421. The van der Waals surface area contributed by atoms with Crippen molar-refractivity contribution in [2.45, 2.75) is 33.6 Å². The maximum absolute atomic E-state index is 12.3. The Kier molecular flexibility index (Phi) is 6.29. The highest BCUT2D eigenvalue weighted by Crippen LogP contribution is 2.22. The first kappa shape index (κ1) is 17.9. The van der Waals surface area contributed by atoms with E-state index in [0.717, 1.165) is 35.5 Å². The minimum Gasteiger partial charge on any atom is -0.493 e. The molecule has 0 aliphatic carbocycles. The van der Waals surface area contributed by atoms with Gasteiger partial charge in [0, 0.05) is 32.4 Å². The van der Waals surface area contributed by atoms with Crippen LogP contribution in [0.15, 0.2) is 30.6 Å². The number of rotatable bonds is 7. The lowest BCUT2D eigenvalue weighted by Gasteiger charge is -2.18. The van der Waals surface area contributed by atoms with Gasteiger partial charge in [0.05, 0.1) is 12.2 Å². The van der Waals surface area contributed by atoms with Crippen LogP contribution in [0.5, 0.6) is 5.75 Å². The molecule has 1 heterocycles. The summed E-state index contributed by atoms with van der Waals surface area (Å²) in [5.74, 6) is 1.62. The van der Waals surface area contributed by atoms with Gasteiger partial charge in [-0.2, -0.15) is 0 Å². The molecule has 2 rings (SSSR count). The van der Waals surface area contributed by atoms with Gasteiger partial charge in [-0.15, -0.1) is 0 Å². The molecule has 5 heteroatoms. The third-order valence-electron chi connectivity index (χ3n) is 3.91. The van der Waals surface area contributed by atoms with Gasteiger partial charge in [0.15, 0.2) is 0 Å². The molecule has 0 atom stereocenters. The summed E-state index contributed by atoms with van der Waals surface area (Å²) in [6, 6.07) is 6.10. The fourth-order valence-corrected chi connectivity index (χ4v) is 2.47. The summed E-state index contributed by atoms with van der Waals surface area (Å²) in [6.07, 6.45) is 4.72. The highest BCUT2D eigenvalue weighted by molar-refractivity contribution is 5.93. The van der Waals surface area contributed by atoms with Gasteiger partial charge in [-0.25, -0.2) is 9.97 Å². The number of aromatic nitrogens is 2. The molecule has 0 bridgehead atoms. The van der Waals surface area contributed by atoms with Crippen molar-refractivity contribution in [3.8, 4) is 5.75 Å². The van der Waals surface area contributed by atoms with Crippen LogP contribution < -0.4 is 4.74 Å². The second-order valence-electron chi connectivity index (χ2n) is 5.89. The van der Waals surface area contributed by atoms with Crippen LogP contribution in [0.25, 0.3) is 0 Å². The number of hydrogen-bond acceptors (Lipinski definition) is 4. The lowest BCUT2D eigenvalue weighted by Crippen LogP contribution is -2.29. The average molecular weight is 327 g/mol. The van der Waals surface area contributed by atoms with E-state index in [2.05, 4.69) is 9.97 Å². The molecular weight excluding hydrogens is 302 g/mol. The van der Waals surface area contributed by atoms with Crippen molar-refractivity contribution in [1.82, 2.24) is 14.9 Å². The number of ether oxygens (including phenoxy) is 1. The molecule has 0 unspecified atom stereocenters. The first-order chi connectivity index (χ1) is 11.5. The Morgan fingerprint density at radius 2 is 1.79 bits per heavy atom. The van der Waals surface area contributed by atoms with E-state index in [1.807, 2.05) is 39.0 Å². The van der Waals surface area contributed by atoms with Crippen LogP contribution in [-0.4, -0.2) is 41.0 Å². The quantitative estimate of drug-likeness (QED) is 0.733. The van der Waals surface area contributed by atoms with Crippen molar-refractivity contribution < 1.29 is 9.53 Å². The Balaban J connectivity index is 1.82. The van der Waals surface area contributed by atoms with E-state index in [4.69, 9.17) is 4.74 Å². The smallest absolute Gasteiger partial charge is 0.256 e. The maximum atomic E-state index is 12.3. The zero-order chi connectivity index (χ0) is 17.5. The minimum absolute atomic E-state index is 0.0651. The minimum atomic E-state index is -0.0651. The van der Waals surface area contributed by atoms with E-state index in [1.165, 1.54) is 0 Å². The molecule has 0 aliphatic heterocycles. The molecule has 0 saturated carbocycles. The Morgan fingerprint density at radius 1 is 1.17 bits per heavy atom. The molecule has 1 aromatic carbocycles. The number of carbonyl (C=O) groups excluding carboxylic acids is 1. The molecule has 0 spiro atoms. The van der Waals surface area contributed by atoms with Gasteiger partial charge in [-0.1, -0.05) is 25.1 Å². The molecule has 0 radical (unpaired) electrons. The van der Waals surface area contributed by atoms with Gasteiger partial charge < -0.3 is 9.64 Å². The van der Waals surface area contributed by atoms with E-state index in [1.54, 1.807) is 24.3 Å². The first-order valence-corrected chi connectivity index (χ1v) is 8.28. The second kappa shape index (κ2) is 8.43. The van der Waals surface area contributed by atoms with E-state index in [0.29, 0.717) is 18.7 Å². The van der Waals surface area contributed by atoms with Crippen LogP contribution in [0.4, 0.5) is 0 Å². The standard InChI is InChI=1S/C19H25N3O2/c1-5-17-20-12-16(13-21-17)19(23)22(4)10-7-11-24-18-14(2)8-6-9-15(18)3/h6,8-9,12-13H,5,7,10-11H2,1-4H3. The van der Waals surface area contributed by atoms with E-state index < -0.39 is 0 Å². The van der Waals surface area contributed by atoms with Crippen molar-refractivity contribution in [1.29, 1.82) is 0 Å². The van der Waals surface area contributed by atoms with Crippen molar-refractivity contribution in [2.24, 2.45) is 0 Å². The molecule has 128 valence electrons. The van der Waals surface area contributed by atoms with Gasteiger partial charge in [0.2, 0.25) is 0 Å². The van der Waals surface area contributed by atoms with Crippen LogP contribution >= 0.6 is 0 Å². The highest BCUT2D eigenvalue weighted by Gasteiger charge is 2.12. The van der Waals surface area contributed by atoms with Crippen molar-refractivity contribution in [3.05, 3.63) is 53.1 Å². The third kappa shape index (κ3) is 4.54. The third-order valence-corrected chi connectivity index (χ3v) is 3.91. The molecule has 1 amide bonds. The molecule has 1 aromatic heterocycles. The highest BCUT2D eigenvalue weighted by atomic mass is 16.5. The molecule has 24 heavy (non-hydrogen) atoms. The van der Waals surface area contributed by atoms with Crippen molar-refractivity contribution in [2.75, 3.05) is 20.2 Å². The van der Waals surface area contributed by atoms with Gasteiger partial charge in [0.25, 0.3) is 5.91 Å². The molecule has 0 fully saturated rings. The average Bonchev–Trinajstić information content (AvgIpc) is 2.60. The van der Waals surface area contributed by atoms with Crippen molar-refractivity contribution in [3.63, 3.8) is 0 Å². The number of aryl methyl sites for hydroxylation is 3. The largest absolute Gasteiger partial charge is 0.493 e. The van der Waals surface area contributed by atoms with E-state index in [-0.39, 0.29) is 5.91 Å². The van der Waals surface area contributed by atoms with Gasteiger partial charge in [0.1, 0.15) is 11.6 Å². The molecule has 0 saturated heterocycles. The number of benzene rings is 1. The normalized spacial score (nSPS) is 10.5. The summed E-state index contributed by atoms with van der Waals surface area (Å²) in [6.45, 7) is 7.27. The topological polar surface area (TPSA) is 55.3 Å². The van der Waals surface area contributed by atoms with Crippen LogP contribution in [-0.2, 0) is 6.42 Å². The molecular formula is C19H25N3O2. The lowest BCUT2D eigenvalue weighted by atomic mass is 10.1. The monoisotopic (exact) mass is 327 g/mol. The Bertz CT molecular complexity index is 663.